The molecule has 1 atom stereocenters. The van der Waals surface area contributed by atoms with E-state index < -0.39 is 12.1 Å². The van der Waals surface area contributed by atoms with E-state index in [4.69, 9.17) is 9.47 Å². The first-order valence-electron chi connectivity index (χ1n) is 5.86. The molecule has 1 rings (SSSR count). The highest BCUT2D eigenvalue weighted by atomic mass is 16.5. The van der Waals surface area contributed by atoms with Gasteiger partial charge in [-0.3, -0.25) is 9.59 Å². The van der Waals surface area contributed by atoms with E-state index in [-0.39, 0.29) is 12.5 Å². The van der Waals surface area contributed by atoms with Crippen LogP contribution in [0.15, 0.2) is 12.7 Å². The van der Waals surface area contributed by atoms with Crippen molar-refractivity contribution in [3.05, 3.63) is 12.7 Å². The van der Waals surface area contributed by atoms with Crippen LogP contribution in [-0.2, 0) is 19.1 Å². The van der Waals surface area contributed by atoms with E-state index in [0.717, 1.165) is 12.8 Å². The standard InChI is InChI=1S/C12H19NO4/c1-3-7-13(9-11(14)16-4-2)12(15)10-6-5-8-17-10/h3,10H,1,4-9H2,2H3/t10-/m0/s1. The van der Waals surface area contributed by atoms with Crippen molar-refractivity contribution in [1.82, 2.24) is 4.90 Å². The van der Waals surface area contributed by atoms with Crippen LogP contribution in [0.25, 0.3) is 0 Å². The number of carbonyl (C=O) groups is 2. The number of carbonyl (C=O) groups excluding carboxylic acids is 2. The summed E-state index contributed by atoms with van der Waals surface area (Å²) in [6.45, 7) is 6.52. The van der Waals surface area contributed by atoms with Gasteiger partial charge in [-0.25, -0.2) is 0 Å². The second-order valence-electron chi connectivity index (χ2n) is 3.81. The van der Waals surface area contributed by atoms with Crippen molar-refractivity contribution in [2.75, 3.05) is 26.3 Å². The van der Waals surface area contributed by atoms with Gasteiger partial charge in [-0.05, 0) is 19.8 Å². The minimum Gasteiger partial charge on any atom is -0.465 e. The van der Waals surface area contributed by atoms with Crippen LogP contribution in [0.2, 0.25) is 0 Å². The molecule has 1 heterocycles. The summed E-state index contributed by atoms with van der Waals surface area (Å²) in [6.07, 6.45) is 2.78. The topological polar surface area (TPSA) is 55.8 Å². The monoisotopic (exact) mass is 241 g/mol. The van der Waals surface area contributed by atoms with E-state index in [1.165, 1.54) is 4.90 Å². The molecule has 17 heavy (non-hydrogen) atoms. The van der Waals surface area contributed by atoms with Crippen LogP contribution < -0.4 is 0 Å². The van der Waals surface area contributed by atoms with E-state index in [9.17, 15) is 9.59 Å². The SMILES string of the molecule is C=CCN(CC(=O)OCC)C(=O)[C@@H]1CCCO1. The van der Waals surface area contributed by atoms with Crippen LogP contribution in [0, 0.1) is 0 Å². The molecular formula is C12H19NO4. The lowest BCUT2D eigenvalue weighted by atomic mass is 10.2. The van der Waals surface area contributed by atoms with Crippen LogP contribution in [0.4, 0.5) is 0 Å². The lowest BCUT2D eigenvalue weighted by Crippen LogP contribution is -2.42. The number of hydrogen-bond acceptors (Lipinski definition) is 4. The van der Waals surface area contributed by atoms with Gasteiger partial charge in [-0.1, -0.05) is 6.08 Å². The van der Waals surface area contributed by atoms with E-state index in [0.29, 0.717) is 19.8 Å². The molecule has 96 valence electrons. The summed E-state index contributed by atoms with van der Waals surface area (Å²) >= 11 is 0. The molecule has 0 aromatic heterocycles. The highest BCUT2D eigenvalue weighted by Gasteiger charge is 2.28. The minimum absolute atomic E-state index is 0.0431. The molecule has 0 aromatic rings. The number of hydrogen-bond donors (Lipinski definition) is 0. The molecule has 1 fully saturated rings. The van der Waals surface area contributed by atoms with E-state index in [1.807, 2.05) is 0 Å². The zero-order valence-electron chi connectivity index (χ0n) is 10.2. The fraction of sp³-hybridized carbons (Fsp3) is 0.667. The second-order valence-corrected chi connectivity index (χ2v) is 3.81. The first-order valence-corrected chi connectivity index (χ1v) is 5.86. The molecule has 0 bridgehead atoms. The van der Waals surface area contributed by atoms with Gasteiger partial charge in [0.1, 0.15) is 12.6 Å². The fourth-order valence-corrected chi connectivity index (χ4v) is 1.73. The van der Waals surface area contributed by atoms with Gasteiger partial charge in [-0.2, -0.15) is 0 Å². The first kappa shape index (κ1) is 13.7. The highest BCUT2D eigenvalue weighted by molar-refractivity contribution is 5.85. The smallest absolute Gasteiger partial charge is 0.325 e. The summed E-state index contributed by atoms with van der Waals surface area (Å²) in [5.74, 6) is -0.559. The van der Waals surface area contributed by atoms with Crippen LogP contribution in [0.5, 0.6) is 0 Å². The third-order valence-corrected chi connectivity index (χ3v) is 2.49. The van der Waals surface area contributed by atoms with Crippen LogP contribution in [0.1, 0.15) is 19.8 Å². The summed E-state index contributed by atoms with van der Waals surface area (Å²) in [5.41, 5.74) is 0. The summed E-state index contributed by atoms with van der Waals surface area (Å²) in [6, 6.07) is 0. The largest absolute Gasteiger partial charge is 0.465 e. The molecule has 0 radical (unpaired) electrons. The Kier molecular flexibility index (Phi) is 5.69. The average molecular weight is 241 g/mol. The van der Waals surface area contributed by atoms with Crippen molar-refractivity contribution in [3.63, 3.8) is 0 Å². The maximum atomic E-state index is 12.0. The summed E-state index contributed by atoms with van der Waals surface area (Å²) < 4.78 is 10.1. The molecule has 5 nitrogen and oxygen atoms in total. The van der Waals surface area contributed by atoms with E-state index in [2.05, 4.69) is 6.58 Å². The predicted molar refractivity (Wildman–Crippen MR) is 62.4 cm³/mol. The Morgan fingerprint density at radius 1 is 1.59 bits per heavy atom. The molecule has 5 heteroatoms. The third kappa shape index (κ3) is 4.19. The van der Waals surface area contributed by atoms with Gasteiger partial charge in [0.2, 0.25) is 0 Å². The van der Waals surface area contributed by atoms with Gasteiger partial charge in [0, 0.05) is 13.2 Å². The molecule has 0 unspecified atom stereocenters. The number of esters is 1. The number of rotatable bonds is 6. The normalized spacial score (nSPS) is 18.8. The number of ether oxygens (including phenoxy) is 2. The van der Waals surface area contributed by atoms with Crippen molar-refractivity contribution >= 4 is 11.9 Å². The molecule has 1 aliphatic rings. The Morgan fingerprint density at radius 2 is 2.35 bits per heavy atom. The van der Waals surface area contributed by atoms with Crippen LogP contribution in [-0.4, -0.2) is 49.2 Å². The molecule has 0 aromatic carbocycles. The third-order valence-electron chi connectivity index (χ3n) is 2.49. The summed E-state index contributed by atoms with van der Waals surface area (Å²) in [5, 5.41) is 0. The Morgan fingerprint density at radius 3 is 2.88 bits per heavy atom. The summed E-state index contributed by atoms with van der Waals surface area (Å²) in [7, 11) is 0. The van der Waals surface area contributed by atoms with Gasteiger partial charge >= 0.3 is 5.97 Å². The van der Waals surface area contributed by atoms with Crippen molar-refractivity contribution in [2.45, 2.75) is 25.9 Å². The van der Waals surface area contributed by atoms with Crippen molar-refractivity contribution in [3.8, 4) is 0 Å². The molecule has 1 amide bonds. The molecule has 0 aliphatic carbocycles. The average Bonchev–Trinajstić information content (AvgIpc) is 2.81. The maximum absolute atomic E-state index is 12.0. The van der Waals surface area contributed by atoms with E-state index in [1.54, 1.807) is 13.0 Å². The quantitative estimate of drug-likeness (QED) is 0.508. The van der Waals surface area contributed by atoms with Gasteiger partial charge in [-0.15, -0.1) is 6.58 Å². The molecular weight excluding hydrogens is 222 g/mol. The predicted octanol–water partition coefficient (Wildman–Crippen LogP) is 0.743. The zero-order chi connectivity index (χ0) is 12.7. The lowest BCUT2D eigenvalue weighted by Gasteiger charge is -2.22. The molecule has 0 spiro atoms. The Balaban J connectivity index is 2.54. The fourth-order valence-electron chi connectivity index (χ4n) is 1.73. The first-order chi connectivity index (χ1) is 8.19. The van der Waals surface area contributed by atoms with Gasteiger partial charge < -0.3 is 14.4 Å². The number of amides is 1. The zero-order valence-corrected chi connectivity index (χ0v) is 10.2. The lowest BCUT2D eigenvalue weighted by molar-refractivity contribution is -0.151. The van der Waals surface area contributed by atoms with Crippen molar-refractivity contribution in [2.24, 2.45) is 0 Å². The summed E-state index contributed by atoms with van der Waals surface area (Å²) in [4.78, 5) is 24.8. The Hall–Kier alpha value is -1.36. The van der Waals surface area contributed by atoms with Gasteiger partial charge in [0.05, 0.1) is 6.61 Å². The second kappa shape index (κ2) is 7.06. The van der Waals surface area contributed by atoms with Crippen LogP contribution in [0.3, 0.4) is 0 Å². The highest BCUT2D eigenvalue weighted by Crippen LogP contribution is 2.14. The molecule has 0 N–H and O–H groups in total. The maximum Gasteiger partial charge on any atom is 0.325 e. The Bertz CT molecular complexity index is 284. The van der Waals surface area contributed by atoms with Crippen molar-refractivity contribution in [1.29, 1.82) is 0 Å². The molecule has 1 saturated heterocycles. The van der Waals surface area contributed by atoms with E-state index >= 15 is 0 Å². The van der Waals surface area contributed by atoms with Crippen molar-refractivity contribution < 1.29 is 19.1 Å². The molecule has 1 aliphatic heterocycles. The number of nitrogens with zero attached hydrogens (tertiary/aromatic N) is 1. The van der Waals surface area contributed by atoms with Gasteiger partial charge in [0.25, 0.3) is 5.91 Å². The minimum atomic E-state index is -0.413. The molecule has 0 saturated carbocycles. The van der Waals surface area contributed by atoms with Gasteiger partial charge in [0.15, 0.2) is 0 Å². The van der Waals surface area contributed by atoms with Crippen LogP contribution >= 0.6 is 0 Å². The Labute approximate surface area is 101 Å².